The number of ketones is 5. The highest BCUT2D eigenvalue weighted by Crippen LogP contribution is 2.40. The summed E-state index contributed by atoms with van der Waals surface area (Å²) in [6, 6.07) is 21.8. The molecule has 17 heteroatoms. The van der Waals surface area contributed by atoms with Gasteiger partial charge in [-0.2, -0.15) is 0 Å². The number of carbonyl (C=O) groups is 5. The third-order valence-electron chi connectivity index (χ3n) is 16.0. The number of carbonyl (C=O) groups excluding carboxylic acids is 5. The Kier molecular flexibility index (Phi) is 23.7. The maximum absolute atomic E-state index is 13.6. The molecule has 6 N–H and O–H groups in total. The zero-order chi connectivity index (χ0) is 55.4. The van der Waals surface area contributed by atoms with Crippen LogP contribution in [0.2, 0.25) is 0 Å². The van der Waals surface area contributed by atoms with Crippen LogP contribution in [0.5, 0.6) is 0 Å². The van der Waals surface area contributed by atoms with E-state index in [1.54, 1.807) is 46.8 Å². The van der Waals surface area contributed by atoms with Crippen molar-refractivity contribution >= 4 is 62.9 Å². The summed E-state index contributed by atoms with van der Waals surface area (Å²) in [6.07, 6.45) is 21.5. The summed E-state index contributed by atoms with van der Waals surface area (Å²) >= 11 is 4.45. The number of hydrogen-bond acceptors (Lipinski definition) is 16. The zero-order valence-electron chi connectivity index (χ0n) is 45.9. The van der Waals surface area contributed by atoms with E-state index in [0.29, 0.717) is 73.3 Å². The lowest BCUT2D eigenvalue weighted by Gasteiger charge is -2.38. The highest BCUT2D eigenvalue weighted by atomic mass is 32.1. The summed E-state index contributed by atoms with van der Waals surface area (Å²) in [6.45, 7) is 4.72. The molecule has 5 saturated carbocycles. The second kappa shape index (κ2) is 29.6. The number of benzene rings is 2. The number of thiophene rings is 1. The quantitative estimate of drug-likeness (QED) is 0.0654. The van der Waals surface area contributed by atoms with Crippen LogP contribution in [-0.2, 0) is 51.7 Å². The van der Waals surface area contributed by atoms with E-state index in [-0.39, 0.29) is 24.0 Å². The minimum atomic E-state index is -0.753. The fraction of sp³-hybridized carbons (Fsp3) is 0.550. The summed E-state index contributed by atoms with van der Waals surface area (Å²) in [5, 5.41) is 29.7. The van der Waals surface area contributed by atoms with Crippen LogP contribution < -0.4 is 26.6 Å². The van der Waals surface area contributed by atoms with Crippen LogP contribution in [0.25, 0.3) is 0 Å². The van der Waals surface area contributed by atoms with Gasteiger partial charge in [0.1, 0.15) is 38.5 Å². The van der Waals surface area contributed by atoms with Crippen molar-refractivity contribution < 1.29 is 33.5 Å². The molecule has 0 aliphatic heterocycles. The topological polar surface area (TPSA) is 192 Å². The van der Waals surface area contributed by atoms with Gasteiger partial charge in [0.25, 0.3) is 0 Å². The SMILES string of the molecule is CC(C)N[C@@]1(c2ccccc2)CCCCC1=O.CN[C@@]1(c2cncs2)CCCCC1=O.CN[C@@]1(c2nccs2)CCCCC1=O.CN[C@@]1(c2sccc2F)CCCCC1=O.O=C1CCCC[C@@]1(NCCO)c1ccccc1. The van der Waals surface area contributed by atoms with Gasteiger partial charge in [-0.25, -0.2) is 9.37 Å². The highest BCUT2D eigenvalue weighted by Gasteiger charge is 2.45. The van der Waals surface area contributed by atoms with Gasteiger partial charge < -0.3 is 21.1 Å². The van der Waals surface area contributed by atoms with Crippen LogP contribution >= 0.6 is 34.0 Å². The number of likely N-dealkylation sites (N-methyl/N-ethyl adjacent to an activating group) is 3. The van der Waals surface area contributed by atoms with Crippen molar-refractivity contribution in [3.8, 4) is 0 Å². The van der Waals surface area contributed by atoms with Gasteiger partial charge in [0.2, 0.25) is 0 Å². The van der Waals surface area contributed by atoms with Gasteiger partial charge in [0, 0.05) is 62.5 Å². The van der Waals surface area contributed by atoms with Crippen molar-refractivity contribution in [1.29, 1.82) is 0 Å². The van der Waals surface area contributed by atoms with E-state index in [9.17, 15) is 28.4 Å². The molecule has 0 spiro atoms. The summed E-state index contributed by atoms with van der Waals surface area (Å²) in [5.74, 6) is 1.07. The Balaban J connectivity index is 0.000000156. The predicted molar refractivity (Wildman–Crippen MR) is 308 cm³/mol. The zero-order valence-corrected chi connectivity index (χ0v) is 48.3. The van der Waals surface area contributed by atoms with Crippen molar-refractivity contribution in [3.63, 3.8) is 0 Å². The standard InChI is InChI=1S/C15H21NO.C14H19NO2.C11H14FNOS.2C10H14N2OS/c1-12(2)16-15(11-7-6-10-14(15)17)13-8-4-3-5-9-13;16-11-10-15-14(9-5-4-8-13(14)17)12-6-2-1-3-7-12;1-13-11(6-3-2-4-9(11)14)10-8(12)5-7-15-10;1-11-10(9-6-12-7-14-9)5-3-2-4-8(10)13;1-11-10(9-12-6-7-14-9)5-3-2-4-8(10)13/h3-5,8-9,12,16H,6-7,10-11H2,1-2H3;1-3,6-7,15-16H,4-5,8-11H2;5,7,13H,2-4,6H2,1H3;2*6-7,11H,2-5H2,1H3/t15-;14-;11-;2*10-/m11000/s1. The van der Waals surface area contributed by atoms with Crippen molar-refractivity contribution in [1.82, 2.24) is 36.6 Å². The van der Waals surface area contributed by atoms with Gasteiger partial charge in [-0.3, -0.25) is 39.6 Å². The second-order valence-electron chi connectivity index (χ2n) is 20.9. The first-order valence-corrected chi connectivity index (χ1v) is 30.4. The Morgan fingerprint density at radius 3 is 1.40 bits per heavy atom. The number of aliphatic hydroxyl groups excluding tert-OH is 1. The Labute approximate surface area is 467 Å². The minimum absolute atomic E-state index is 0.0574. The number of hydrogen-bond donors (Lipinski definition) is 6. The van der Waals surface area contributed by atoms with Crippen molar-refractivity contribution in [2.75, 3.05) is 34.3 Å². The third kappa shape index (κ3) is 14.4. The Morgan fingerprint density at radius 2 is 1.01 bits per heavy atom. The molecule has 3 heterocycles. The summed E-state index contributed by atoms with van der Waals surface area (Å²) in [7, 11) is 5.45. The number of aromatic nitrogens is 2. The maximum atomic E-state index is 13.6. The number of halogens is 1. The number of nitrogens with zero attached hydrogens (tertiary/aromatic N) is 2. The number of thiazole rings is 2. The van der Waals surface area contributed by atoms with Crippen LogP contribution in [0.15, 0.2) is 95.4 Å². The second-order valence-corrected chi connectivity index (χ2v) is 23.6. The fourth-order valence-corrected chi connectivity index (χ4v) is 14.6. The van der Waals surface area contributed by atoms with E-state index in [1.807, 2.05) is 74.2 Å². The van der Waals surface area contributed by atoms with Gasteiger partial charge >= 0.3 is 0 Å². The third-order valence-corrected chi connectivity index (χ3v) is 18.9. The van der Waals surface area contributed by atoms with E-state index in [0.717, 1.165) is 111 Å². The lowest BCUT2D eigenvalue weighted by Crippen LogP contribution is -2.53. The fourth-order valence-electron chi connectivity index (χ4n) is 11.8. The first-order valence-electron chi connectivity index (χ1n) is 27.7. The lowest BCUT2D eigenvalue weighted by atomic mass is 9.75. The van der Waals surface area contributed by atoms with Crippen molar-refractivity contribution in [3.05, 3.63) is 127 Å². The molecule has 3 aromatic heterocycles. The average Bonchev–Trinajstić information content (AvgIpc) is 4.30. The first kappa shape index (κ1) is 61.6. The summed E-state index contributed by atoms with van der Waals surface area (Å²) in [4.78, 5) is 70.5. The van der Waals surface area contributed by atoms with E-state index in [2.05, 4.69) is 62.5 Å². The molecular weight excluding hydrogens is 1030 g/mol. The Morgan fingerprint density at radius 1 is 0.558 bits per heavy atom. The van der Waals surface area contributed by atoms with Gasteiger partial charge in [0.15, 0.2) is 28.9 Å². The Hall–Kier alpha value is -4.56. The molecule has 5 aromatic rings. The molecule has 5 fully saturated rings. The molecule has 5 atom stereocenters. The number of rotatable bonds is 13. The normalized spacial score (nSPS) is 26.5. The maximum Gasteiger partial charge on any atom is 0.159 e. The van der Waals surface area contributed by atoms with E-state index >= 15 is 0 Å². The molecule has 2 aromatic carbocycles. The minimum Gasteiger partial charge on any atom is -0.395 e. The molecule has 418 valence electrons. The summed E-state index contributed by atoms with van der Waals surface area (Å²) < 4.78 is 13.6. The largest absolute Gasteiger partial charge is 0.395 e. The van der Waals surface area contributed by atoms with Crippen LogP contribution in [0.4, 0.5) is 4.39 Å². The molecule has 5 aliphatic carbocycles. The highest BCUT2D eigenvalue weighted by molar-refractivity contribution is 7.10. The van der Waals surface area contributed by atoms with Crippen molar-refractivity contribution in [2.24, 2.45) is 0 Å². The van der Waals surface area contributed by atoms with Crippen LogP contribution in [-0.4, -0.2) is 84.3 Å². The van der Waals surface area contributed by atoms with Gasteiger partial charge in [-0.05, 0) is 122 Å². The monoisotopic (exact) mass is 1110 g/mol. The molecule has 13 nitrogen and oxygen atoms in total. The van der Waals surface area contributed by atoms with E-state index in [4.69, 9.17) is 5.11 Å². The van der Waals surface area contributed by atoms with Crippen LogP contribution in [0.1, 0.15) is 168 Å². The van der Waals surface area contributed by atoms with E-state index in [1.165, 1.54) is 17.4 Å². The molecule has 0 unspecified atom stereocenters. The van der Waals surface area contributed by atoms with Gasteiger partial charge in [0.05, 0.1) is 21.9 Å². The van der Waals surface area contributed by atoms with E-state index < -0.39 is 27.7 Å². The molecule has 10 rings (SSSR count). The molecule has 0 radical (unpaired) electrons. The number of Topliss-reactive ketones (excluding diaryl/α,β-unsaturated/α-hetero) is 5. The molecule has 5 aliphatic rings. The molecule has 0 bridgehead atoms. The predicted octanol–water partition coefficient (Wildman–Crippen LogP) is 10.5. The molecule has 0 amide bonds. The van der Waals surface area contributed by atoms with Crippen LogP contribution in [0.3, 0.4) is 0 Å². The lowest BCUT2D eigenvalue weighted by molar-refractivity contribution is -0.129. The number of aliphatic hydroxyl groups is 1. The number of nitrogens with one attached hydrogen (secondary N) is 5. The smallest absolute Gasteiger partial charge is 0.159 e. The molecule has 0 saturated heterocycles. The van der Waals surface area contributed by atoms with Gasteiger partial charge in [-0.1, -0.05) is 92.8 Å². The average molecular weight is 1110 g/mol. The Bertz CT molecular complexity index is 2550. The first-order chi connectivity index (χ1) is 37.2. The molecule has 77 heavy (non-hydrogen) atoms. The van der Waals surface area contributed by atoms with Gasteiger partial charge in [-0.15, -0.1) is 34.0 Å². The van der Waals surface area contributed by atoms with Crippen LogP contribution in [0, 0.1) is 5.82 Å². The van der Waals surface area contributed by atoms with Crippen molar-refractivity contribution in [2.45, 2.75) is 176 Å². The molecular formula is C60H82FN7O6S3. The summed E-state index contributed by atoms with van der Waals surface area (Å²) in [5.41, 5.74) is 1.27.